The summed E-state index contributed by atoms with van der Waals surface area (Å²) >= 11 is 0. The van der Waals surface area contributed by atoms with Crippen LogP contribution in [0.5, 0.6) is 11.6 Å². The number of nitrogens with zero attached hydrogens (tertiary/aromatic N) is 2. The van der Waals surface area contributed by atoms with E-state index in [-0.39, 0.29) is 12.4 Å². The molecule has 0 atom stereocenters. The molecule has 1 N–H and O–H groups in total. The lowest BCUT2D eigenvalue weighted by Gasteiger charge is -2.13. The minimum Gasteiger partial charge on any atom is -0.469 e. The molecule has 28 heavy (non-hydrogen) atoms. The smallest absolute Gasteiger partial charge is 0.309 e. The molecule has 3 aromatic rings. The Morgan fingerprint density at radius 2 is 1.79 bits per heavy atom. The summed E-state index contributed by atoms with van der Waals surface area (Å²) in [6.07, 6.45) is 3.70. The number of carbonyl (C=O) groups excluding carboxylic acids is 1. The van der Waals surface area contributed by atoms with E-state index in [1.54, 1.807) is 18.2 Å². The van der Waals surface area contributed by atoms with Gasteiger partial charge in [-0.1, -0.05) is 36.4 Å². The Balaban J connectivity index is 1.38. The predicted molar refractivity (Wildman–Crippen MR) is 106 cm³/mol. The van der Waals surface area contributed by atoms with Crippen molar-refractivity contribution in [3.63, 3.8) is 0 Å². The molecule has 0 unspecified atom stereocenters. The Hall–Kier alpha value is -3.41. The number of nitrogens with one attached hydrogen (secondary N) is 1. The zero-order chi connectivity index (χ0) is 19.3. The van der Waals surface area contributed by atoms with Gasteiger partial charge < -0.3 is 14.8 Å². The average Bonchev–Trinajstić information content (AvgIpc) is 3.12. The summed E-state index contributed by atoms with van der Waals surface area (Å²) in [5.74, 6) is 1.58. The Kier molecular flexibility index (Phi) is 5.19. The molecule has 0 aliphatic heterocycles. The molecule has 0 saturated heterocycles. The molecule has 142 valence electrons. The topological polar surface area (TPSA) is 73.3 Å². The Bertz CT molecular complexity index is 948. The second-order valence-corrected chi connectivity index (χ2v) is 6.76. The van der Waals surface area contributed by atoms with Gasteiger partial charge in [-0.15, -0.1) is 0 Å². The van der Waals surface area contributed by atoms with Gasteiger partial charge in [0.15, 0.2) is 0 Å². The summed E-state index contributed by atoms with van der Waals surface area (Å²) < 4.78 is 10.5. The molecule has 1 aliphatic carbocycles. The predicted octanol–water partition coefficient (Wildman–Crippen LogP) is 3.56. The second kappa shape index (κ2) is 8.08. The number of esters is 1. The zero-order valence-corrected chi connectivity index (χ0v) is 15.6. The van der Waals surface area contributed by atoms with Crippen LogP contribution < -0.4 is 10.1 Å². The molecular formula is C22H21N3O3. The van der Waals surface area contributed by atoms with Gasteiger partial charge in [-0.3, -0.25) is 4.79 Å². The number of ether oxygens (including phenoxy) is 2. The van der Waals surface area contributed by atoms with Gasteiger partial charge in [0.25, 0.3) is 0 Å². The van der Waals surface area contributed by atoms with E-state index in [9.17, 15) is 4.79 Å². The fourth-order valence-electron chi connectivity index (χ4n) is 3.38. The van der Waals surface area contributed by atoms with Gasteiger partial charge in [-0.05, 0) is 41.7 Å². The van der Waals surface area contributed by atoms with Crippen molar-refractivity contribution in [1.29, 1.82) is 0 Å². The highest BCUT2D eigenvalue weighted by molar-refractivity contribution is 5.72. The fourth-order valence-corrected chi connectivity index (χ4v) is 3.38. The summed E-state index contributed by atoms with van der Waals surface area (Å²) in [5.41, 5.74) is 3.64. The molecule has 4 rings (SSSR count). The SMILES string of the molecule is COC(=O)Cc1ccc(Oc2cc(NC3Cc4ccccc4C3)ncn2)cc1. The molecule has 6 heteroatoms. The largest absolute Gasteiger partial charge is 0.469 e. The van der Waals surface area contributed by atoms with Crippen LogP contribution in [-0.2, 0) is 28.8 Å². The molecule has 1 aliphatic rings. The quantitative estimate of drug-likeness (QED) is 0.664. The van der Waals surface area contributed by atoms with E-state index in [0.717, 1.165) is 24.2 Å². The summed E-state index contributed by atoms with van der Waals surface area (Å²) in [4.78, 5) is 19.8. The van der Waals surface area contributed by atoms with Crippen molar-refractivity contribution in [2.75, 3.05) is 12.4 Å². The Labute approximate surface area is 163 Å². The average molecular weight is 375 g/mol. The van der Waals surface area contributed by atoms with Crippen molar-refractivity contribution >= 4 is 11.8 Å². The third-order valence-corrected chi connectivity index (χ3v) is 4.77. The maximum atomic E-state index is 11.3. The van der Waals surface area contributed by atoms with Gasteiger partial charge in [0, 0.05) is 12.1 Å². The highest BCUT2D eigenvalue weighted by atomic mass is 16.5. The van der Waals surface area contributed by atoms with E-state index >= 15 is 0 Å². The summed E-state index contributed by atoms with van der Waals surface area (Å²) in [6, 6.07) is 17.9. The molecule has 1 aromatic heterocycles. The van der Waals surface area contributed by atoms with Crippen molar-refractivity contribution in [2.45, 2.75) is 25.3 Å². The van der Waals surface area contributed by atoms with Gasteiger partial charge in [-0.2, -0.15) is 0 Å². The lowest BCUT2D eigenvalue weighted by molar-refractivity contribution is -0.139. The van der Waals surface area contributed by atoms with Crippen molar-refractivity contribution in [1.82, 2.24) is 9.97 Å². The number of rotatable bonds is 6. The highest BCUT2D eigenvalue weighted by Crippen LogP contribution is 2.26. The molecule has 6 nitrogen and oxygen atoms in total. The van der Waals surface area contributed by atoms with E-state index < -0.39 is 0 Å². The maximum absolute atomic E-state index is 11.3. The minimum atomic E-state index is -0.269. The van der Waals surface area contributed by atoms with Crippen LogP contribution in [0, 0.1) is 0 Å². The lowest BCUT2D eigenvalue weighted by Crippen LogP contribution is -2.20. The number of methoxy groups -OCH3 is 1. The first-order chi connectivity index (χ1) is 13.7. The minimum absolute atomic E-state index is 0.238. The van der Waals surface area contributed by atoms with Gasteiger partial charge >= 0.3 is 5.97 Å². The van der Waals surface area contributed by atoms with E-state index in [2.05, 4.69) is 44.3 Å². The third-order valence-electron chi connectivity index (χ3n) is 4.77. The highest BCUT2D eigenvalue weighted by Gasteiger charge is 2.21. The molecular weight excluding hydrogens is 354 g/mol. The van der Waals surface area contributed by atoms with Gasteiger partial charge in [-0.25, -0.2) is 9.97 Å². The lowest BCUT2D eigenvalue weighted by atomic mass is 10.1. The summed E-state index contributed by atoms with van der Waals surface area (Å²) in [7, 11) is 1.38. The van der Waals surface area contributed by atoms with Gasteiger partial charge in [0.1, 0.15) is 17.9 Å². The van der Waals surface area contributed by atoms with Crippen molar-refractivity contribution in [3.05, 3.63) is 77.6 Å². The first-order valence-electron chi connectivity index (χ1n) is 9.18. The van der Waals surface area contributed by atoms with E-state index in [1.807, 2.05) is 12.1 Å². The summed E-state index contributed by atoms with van der Waals surface area (Å²) in [5, 5.41) is 3.47. The zero-order valence-electron chi connectivity index (χ0n) is 15.6. The number of carbonyl (C=O) groups is 1. The molecule has 0 fully saturated rings. The van der Waals surface area contributed by atoms with Crippen LogP contribution in [0.2, 0.25) is 0 Å². The van der Waals surface area contributed by atoms with Crippen LogP contribution in [-0.4, -0.2) is 29.1 Å². The molecule has 2 aromatic carbocycles. The van der Waals surface area contributed by atoms with E-state index in [4.69, 9.17) is 4.74 Å². The first kappa shape index (κ1) is 18.0. The van der Waals surface area contributed by atoms with Crippen LogP contribution >= 0.6 is 0 Å². The first-order valence-corrected chi connectivity index (χ1v) is 9.18. The number of aromatic nitrogens is 2. The van der Waals surface area contributed by atoms with E-state index in [0.29, 0.717) is 17.7 Å². The number of fused-ring (bicyclic) bond motifs is 1. The number of anilines is 1. The van der Waals surface area contributed by atoms with Gasteiger partial charge in [0.2, 0.25) is 5.88 Å². The van der Waals surface area contributed by atoms with Gasteiger partial charge in [0.05, 0.1) is 13.5 Å². The van der Waals surface area contributed by atoms with Crippen LogP contribution in [0.25, 0.3) is 0 Å². The molecule has 0 radical (unpaired) electrons. The second-order valence-electron chi connectivity index (χ2n) is 6.76. The molecule has 0 saturated carbocycles. The monoisotopic (exact) mass is 375 g/mol. The number of benzene rings is 2. The summed E-state index contributed by atoms with van der Waals surface area (Å²) in [6.45, 7) is 0. The van der Waals surface area contributed by atoms with Crippen molar-refractivity contribution in [3.8, 4) is 11.6 Å². The third kappa shape index (κ3) is 4.28. The van der Waals surface area contributed by atoms with Crippen molar-refractivity contribution < 1.29 is 14.3 Å². The van der Waals surface area contributed by atoms with Crippen LogP contribution in [0.3, 0.4) is 0 Å². The Morgan fingerprint density at radius 3 is 2.46 bits per heavy atom. The Morgan fingerprint density at radius 1 is 1.07 bits per heavy atom. The number of hydrogen-bond donors (Lipinski definition) is 1. The maximum Gasteiger partial charge on any atom is 0.309 e. The van der Waals surface area contributed by atoms with E-state index in [1.165, 1.54) is 24.6 Å². The number of hydrogen-bond acceptors (Lipinski definition) is 6. The molecule has 0 bridgehead atoms. The fraction of sp³-hybridized carbons (Fsp3) is 0.227. The molecule has 0 amide bonds. The van der Waals surface area contributed by atoms with Crippen LogP contribution in [0.1, 0.15) is 16.7 Å². The van der Waals surface area contributed by atoms with Crippen LogP contribution in [0.15, 0.2) is 60.9 Å². The molecule has 0 spiro atoms. The normalized spacial score (nSPS) is 13.0. The van der Waals surface area contributed by atoms with Crippen LogP contribution in [0.4, 0.5) is 5.82 Å². The molecule has 1 heterocycles. The van der Waals surface area contributed by atoms with Crippen molar-refractivity contribution in [2.24, 2.45) is 0 Å². The standard InChI is InChI=1S/C22H21N3O3/c1-27-22(26)10-15-6-8-19(9-7-15)28-21-13-20(23-14-24-21)25-18-11-16-4-2-3-5-17(16)12-18/h2-9,13-14,18H,10-12H2,1H3,(H,23,24,25).